The van der Waals surface area contributed by atoms with Crippen molar-refractivity contribution in [3.8, 4) is 0 Å². The van der Waals surface area contributed by atoms with Crippen LogP contribution in [0.5, 0.6) is 0 Å². The van der Waals surface area contributed by atoms with Crippen LogP contribution in [-0.4, -0.2) is 27.2 Å². The van der Waals surface area contributed by atoms with Gasteiger partial charge in [-0.1, -0.05) is 6.58 Å². The van der Waals surface area contributed by atoms with Crippen LogP contribution in [0.3, 0.4) is 0 Å². The molecule has 0 aromatic carbocycles. The molecule has 0 aromatic heterocycles. The van der Waals surface area contributed by atoms with Crippen molar-refractivity contribution in [2.45, 2.75) is 0 Å². The molecule has 9 heavy (non-hydrogen) atoms. The normalized spacial score (nSPS) is 8.44. The third-order valence-corrected chi connectivity index (χ3v) is 0.612. The summed E-state index contributed by atoms with van der Waals surface area (Å²) in [7, 11) is 4.64. The molecule has 0 aliphatic rings. The maximum absolute atomic E-state index is 10.2. The summed E-state index contributed by atoms with van der Waals surface area (Å²) < 4.78 is 8.59. The van der Waals surface area contributed by atoms with E-state index in [4.69, 9.17) is 0 Å². The Morgan fingerprint density at radius 3 is 2.78 bits per heavy atom. The molecular weight excluding hydrogens is 119 g/mol. The second kappa shape index (κ2) is 5.37. The molecule has 0 bridgehead atoms. The van der Waals surface area contributed by atoms with Crippen LogP contribution < -0.4 is 0 Å². The van der Waals surface area contributed by atoms with Gasteiger partial charge in [-0.05, 0) is 0 Å². The smallest absolute Gasteiger partial charge is 0.330 e. The molecule has 0 saturated heterocycles. The first-order valence-corrected chi connectivity index (χ1v) is 2.42. The third-order valence-electron chi connectivity index (χ3n) is 0.612. The largest absolute Gasteiger partial charge is 0.460 e. The quantitative estimate of drug-likeness (QED) is 0.227. The predicted octanol–water partition coefficient (Wildman–Crippen LogP) is -0.184. The number of ether oxygens (including phenoxy) is 1. The Balaban J connectivity index is 3.07. The van der Waals surface area contributed by atoms with Gasteiger partial charge in [-0.25, -0.2) is 4.79 Å². The van der Waals surface area contributed by atoms with Gasteiger partial charge in [-0.3, -0.25) is 0 Å². The molecule has 0 heterocycles. The standard InChI is InChI=1S/C5H7BO3/c1-2-5(7)8-3-4-9-6/h2H,1,3-4H2. The van der Waals surface area contributed by atoms with Gasteiger partial charge in [-0.15, -0.1) is 0 Å². The summed E-state index contributed by atoms with van der Waals surface area (Å²) in [5.41, 5.74) is 0. The molecule has 3 nitrogen and oxygen atoms in total. The number of carbonyl (C=O) groups excluding carboxylic acids is 1. The van der Waals surface area contributed by atoms with E-state index in [9.17, 15) is 4.79 Å². The number of hydrogen-bond acceptors (Lipinski definition) is 3. The summed E-state index contributed by atoms with van der Waals surface area (Å²) in [5.74, 6) is -0.466. The van der Waals surface area contributed by atoms with Gasteiger partial charge < -0.3 is 9.39 Å². The second-order valence-electron chi connectivity index (χ2n) is 1.24. The summed E-state index contributed by atoms with van der Waals surface area (Å²) in [6.45, 7) is 3.57. The molecule has 0 atom stereocenters. The third kappa shape index (κ3) is 5.10. The molecular formula is C5H7BO3. The van der Waals surface area contributed by atoms with Crippen LogP contribution >= 0.6 is 0 Å². The lowest BCUT2D eigenvalue weighted by molar-refractivity contribution is -0.138. The minimum Gasteiger partial charge on any atom is -0.460 e. The zero-order valence-corrected chi connectivity index (χ0v) is 5.00. The van der Waals surface area contributed by atoms with Crippen molar-refractivity contribution in [2.24, 2.45) is 0 Å². The lowest BCUT2D eigenvalue weighted by Gasteiger charge is -1.98. The first-order valence-electron chi connectivity index (χ1n) is 2.42. The molecule has 0 N–H and O–H groups in total. The first-order chi connectivity index (χ1) is 4.31. The van der Waals surface area contributed by atoms with Crippen LogP contribution in [0.4, 0.5) is 0 Å². The Bertz CT molecular complexity index is 102. The highest BCUT2D eigenvalue weighted by Crippen LogP contribution is 1.77. The van der Waals surface area contributed by atoms with E-state index in [1.807, 2.05) is 0 Å². The molecule has 0 aliphatic carbocycles. The average molecular weight is 126 g/mol. The fourth-order valence-electron chi connectivity index (χ4n) is 0.249. The van der Waals surface area contributed by atoms with E-state index in [1.54, 1.807) is 0 Å². The highest BCUT2D eigenvalue weighted by atomic mass is 16.5. The van der Waals surface area contributed by atoms with Gasteiger partial charge in [0.2, 0.25) is 0 Å². The van der Waals surface area contributed by atoms with Crippen molar-refractivity contribution in [3.63, 3.8) is 0 Å². The van der Waals surface area contributed by atoms with Crippen LogP contribution in [-0.2, 0) is 14.2 Å². The monoisotopic (exact) mass is 126 g/mol. The Morgan fingerprint density at radius 2 is 2.33 bits per heavy atom. The second-order valence-corrected chi connectivity index (χ2v) is 1.24. The fourth-order valence-corrected chi connectivity index (χ4v) is 0.249. The number of esters is 1. The van der Waals surface area contributed by atoms with E-state index in [0.717, 1.165) is 6.08 Å². The van der Waals surface area contributed by atoms with E-state index in [-0.39, 0.29) is 13.2 Å². The summed E-state index contributed by atoms with van der Waals surface area (Å²) in [4.78, 5) is 10.2. The summed E-state index contributed by atoms with van der Waals surface area (Å²) in [6, 6.07) is 0. The van der Waals surface area contributed by atoms with Gasteiger partial charge in [0.25, 0.3) is 8.05 Å². The fraction of sp³-hybridized carbons (Fsp3) is 0.400. The molecule has 0 rings (SSSR count). The zero-order valence-electron chi connectivity index (χ0n) is 5.00. The Hall–Kier alpha value is -0.765. The molecule has 0 amide bonds. The van der Waals surface area contributed by atoms with Crippen molar-refractivity contribution >= 4 is 14.0 Å². The highest BCUT2D eigenvalue weighted by Gasteiger charge is 1.91. The van der Waals surface area contributed by atoms with Crippen LogP contribution in [0.2, 0.25) is 0 Å². The molecule has 4 heteroatoms. The van der Waals surface area contributed by atoms with Crippen molar-refractivity contribution in [1.82, 2.24) is 0 Å². The van der Waals surface area contributed by atoms with Crippen LogP contribution in [0.1, 0.15) is 0 Å². The SMILES string of the molecule is [B]OCCOC(=O)C=C. The van der Waals surface area contributed by atoms with E-state index < -0.39 is 5.97 Å². The lowest BCUT2D eigenvalue weighted by atomic mass is 10.5. The summed E-state index contributed by atoms with van der Waals surface area (Å²) in [5, 5.41) is 0. The maximum Gasteiger partial charge on any atom is 0.330 e. The van der Waals surface area contributed by atoms with Crippen LogP contribution in [0.15, 0.2) is 12.7 Å². The lowest BCUT2D eigenvalue weighted by Crippen LogP contribution is -2.06. The maximum atomic E-state index is 10.2. The molecule has 0 aromatic rings. The molecule has 0 unspecified atom stereocenters. The minimum absolute atomic E-state index is 0.168. The van der Waals surface area contributed by atoms with Crippen LogP contribution in [0, 0.1) is 0 Å². The molecule has 48 valence electrons. The number of hydrogen-bond donors (Lipinski definition) is 0. The molecule has 0 fully saturated rings. The summed E-state index contributed by atoms with van der Waals surface area (Å²) in [6.07, 6.45) is 1.08. The van der Waals surface area contributed by atoms with Crippen molar-refractivity contribution in [2.75, 3.05) is 13.2 Å². The topological polar surface area (TPSA) is 35.5 Å². The summed E-state index contributed by atoms with van der Waals surface area (Å²) >= 11 is 0. The van der Waals surface area contributed by atoms with Crippen molar-refractivity contribution in [1.29, 1.82) is 0 Å². The first kappa shape index (κ1) is 8.23. The Labute approximate surface area is 55.1 Å². The van der Waals surface area contributed by atoms with Crippen LogP contribution in [0.25, 0.3) is 0 Å². The van der Waals surface area contributed by atoms with Gasteiger partial charge in [0.15, 0.2) is 0 Å². The highest BCUT2D eigenvalue weighted by molar-refractivity contribution is 5.97. The molecule has 0 spiro atoms. The Kier molecular flexibility index (Phi) is 4.92. The average Bonchev–Trinajstić information content (AvgIpc) is 1.89. The number of rotatable bonds is 4. The van der Waals surface area contributed by atoms with Gasteiger partial charge in [-0.2, -0.15) is 0 Å². The van der Waals surface area contributed by atoms with Gasteiger partial charge in [0.1, 0.15) is 6.61 Å². The van der Waals surface area contributed by atoms with E-state index in [2.05, 4.69) is 24.0 Å². The van der Waals surface area contributed by atoms with Gasteiger partial charge in [0, 0.05) is 6.08 Å². The molecule has 0 aliphatic heterocycles. The van der Waals surface area contributed by atoms with Crippen molar-refractivity contribution < 1.29 is 14.2 Å². The minimum atomic E-state index is -0.466. The predicted molar refractivity (Wildman–Crippen MR) is 32.9 cm³/mol. The molecule has 2 radical (unpaired) electrons. The van der Waals surface area contributed by atoms with Gasteiger partial charge in [0.05, 0.1) is 6.61 Å². The van der Waals surface area contributed by atoms with E-state index in [0.29, 0.717) is 0 Å². The molecule has 0 saturated carbocycles. The zero-order chi connectivity index (χ0) is 7.11. The van der Waals surface area contributed by atoms with Crippen molar-refractivity contribution in [3.05, 3.63) is 12.7 Å². The van der Waals surface area contributed by atoms with E-state index in [1.165, 1.54) is 0 Å². The van der Waals surface area contributed by atoms with Gasteiger partial charge >= 0.3 is 5.97 Å². The van der Waals surface area contributed by atoms with E-state index >= 15 is 0 Å². The Morgan fingerprint density at radius 1 is 1.67 bits per heavy atom. The number of carbonyl (C=O) groups is 1.